The summed E-state index contributed by atoms with van der Waals surface area (Å²) in [7, 11) is 0. The lowest BCUT2D eigenvalue weighted by molar-refractivity contribution is -0.137. The van der Waals surface area contributed by atoms with E-state index < -0.39 is 5.97 Å². The number of ether oxygens (including phenoxy) is 1. The van der Waals surface area contributed by atoms with Gasteiger partial charge in [-0.2, -0.15) is 0 Å². The Balaban J connectivity index is 2.19. The van der Waals surface area contributed by atoms with E-state index in [4.69, 9.17) is 9.84 Å². The monoisotopic (exact) mass is 406 g/mol. The lowest BCUT2D eigenvalue weighted by atomic mass is 10.0. The number of benzene rings is 1. The van der Waals surface area contributed by atoms with E-state index in [0.29, 0.717) is 13.0 Å². The molecule has 0 heterocycles. The van der Waals surface area contributed by atoms with Gasteiger partial charge in [0.15, 0.2) is 0 Å². The van der Waals surface area contributed by atoms with Crippen LogP contribution in [-0.4, -0.2) is 28.4 Å². The SMILES string of the molecule is CCCCC(O)CC(CCCCCCCCCCC(=O)O)OCc1ccccc1. The molecule has 1 aromatic carbocycles. The Morgan fingerprint density at radius 2 is 1.52 bits per heavy atom. The molecule has 0 aliphatic carbocycles. The minimum Gasteiger partial charge on any atom is -0.481 e. The second kappa shape index (κ2) is 17.5. The highest BCUT2D eigenvalue weighted by Crippen LogP contribution is 2.18. The lowest BCUT2D eigenvalue weighted by Gasteiger charge is -2.21. The molecule has 0 aromatic heterocycles. The molecule has 4 heteroatoms. The molecule has 0 spiro atoms. The third-order valence-electron chi connectivity index (χ3n) is 5.42. The number of carboxylic acids is 1. The maximum Gasteiger partial charge on any atom is 0.303 e. The van der Waals surface area contributed by atoms with Crippen LogP contribution in [0, 0.1) is 0 Å². The lowest BCUT2D eigenvalue weighted by Crippen LogP contribution is -2.21. The van der Waals surface area contributed by atoms with E-state index in [9.17, 15) is 9.90 Å². The Morgan fingerprint density at radius 1 is 0.897 bits per heavy atom. The Hall–Kier alpha value is -1.39. The van der Waals surface area contributed by atoms with Gasteiger partial charge in [-0.3, -0.25) is 4.79 Å². The third kappa shape index (κ3) is 15.2. The van der Waals surface area contributed by atoms with Gasteiger partial charge in [-0.25, -0.2) is 0 Å². The summed E-state index contributed by atoms with van der Waals surface area (Å²) in [4.78, 5) is 10.5. The van der Waals surface area contributed by atoms with Crippen LogP contribution in [0.1, 0.15) is 102 Å². The van der Waals surface area contributed by atoms with Crippen LogP contribution in [0.4, 0.5) is 0 Å². The molecule has 29 heavy (non-hydrogen) atoms. The van der Waals surface area contributed by atoms with Crippen LogP contribution >= 0.6 is 0 Å². The van der Waals surface area contributed by atoms with Crippen molar-refractivity contribution >= 4 is 5.97 Å². The van der Waals surface area contributed by atoms with E-state index in [2.05, 4.69) is 19.1 Å². The molecule has 1 aromatic rings. The summed E-state index contributed by atoms with van der Waals surface area (Å²) in [6.45, 7) is 2.77. The van der Waals surface area contributed by atoms with Crippen molar-refractivity contribution in [3.05, 3.63) is 35.9 Å². The minimum absolute atomic E-state index is 0.123. The average Bonchev–Trinajstić information content (AvgIpc) is 2.72. The molecular weight excluding hydrogens is 364 g/mol. The van der Waals surface area contributed by atoms with E-state index in [1.165, 1.54) is 31.2 Å². The number of hydrogen-bond acceptors (Lipinski definition) is 3. The van der Waals surface area contributed by atoms with Crippen LogP contribution in [0.3, 0.4) is 0 Å². The van der Waals surface area contributed by atoms with Gasteiger partial charge in [0.2, 0.25) is 0 Å². The van der Waals surface area contributed by atoms with Crippen molar-refractivity contribution in [2.75, 3.05) is 0 Å². The number of carbonyl (C=O) groups is 1. The standard InChI is InChI=1S/C25H42O4/c1-2-3-17-23(26)20-24(29-21-22-15-11-10-12-16-22)18-13-8-6-4-5-7-9-14-19-25(27)28/h10-12,15-16,23-24,26H,2-9,13-14,17-21H2,1H3,(H,27,28). The smallest absolute Gasteiger partial charge is 0.303 e. The summed E-state index contributed by atoms with van der Waals surface area (Å²) < 4.78 is 6.16. The molecule has 2 atom stereocenters. The zero-order valence-corrected chi connectivity index (χ0v) is 18.4. The topological polar surface area (TPSA) is 66.8 Å². The molecule has 0 saturated carbocycles. The van der Waals surface area contributed by atoms with Crippen molar-refractivity contribution in [1.29, 1.82) is 0 Å². The first-order valence-electron chi connectivity index (χ1n) is 11.7. The van der Waals surface area contributed by atoms with Gasteiger partial charge in [-0.05, 0) is 31.2 Å². The molecule has 4 nitrogen and oxygen atoms in total. The van der Waals surface area contributed by atoms with E-state index >= 15 is 0 Å². The number of carboxylic acid groups (broad SMARTS) is 1. The molecule has 0 aliphatic heterocycles. The highest BCUT2D eigenvalue weighted by molar-refractivity contribution is 5.66. The quantitative estimate of drug-likeness (QED) is 0.257. The molecule has 1 rings (SSSR count). The molecular formula is C25H42O4. The molecule has 0 bridgehead atoms. The van der Waals surface area contributed by atoms with E-state index in [-0.39, 0.29) is 12.2 Å². The normalized spacial score (nSPS) is 13.3. The van der Waals surface area contributed by atoms with Crippen LogP contribution < -0.4 is 0 Å². The Morgan fingerprint density at radius 3 is 2.14 bits per heavy atom. The number of aliphatic hydroxyl groups is 1. The molecule has 0 amide bonds. The fourth-order valence-electron chi connectivity index (χ4n) is 3.63. The van der Waals surface area contributed by atoms with Crippen molar-refractivity contribution in [3.63, 3.8) is 0 Å². The molecule has 2 unspecified atom stereocenters. The van der Waals surface area contributed by atoms with Gasteiger partial charge < -0.3 is 14.9 Å². The number of aliphatic carboxylic acids is 1. The van der Waals surface area contributed by atoms with Crippen LogP contribution in [-0.2, 0) is 16.1 Å². The van der Waals surface area contributed by atoms with Crippen LogP contribution in [0.5, 0.6) is 0 Å². The second-order valence-corrected chi connectivity index (χ2v) is 8.21. The van der Waals surface area contributed by atoms with Crippen LogP contribution in [0.25, 0.3) is 0 Å². The van der Waals surface area contributed by atoms with Gasteiger partial charge in [0, 0.05) is 6.42 Å². The summed E-state index contributed by atoms with van der Waals surface area (Å²) in [6.07, 6.45) is 13.9. The van der Waals surface area contributed by atoms with Gasteiger partial charge in [0.05, 0.1) is 18.8 Å². The summed E-state index contributed by atoms with van der Waals surface area (Å²) >= 11 is 0. The van der Waals surface area contributed by atoms with E-state index in [1.54, 1.807) is 0 Å². The molecule has 0 aliphatic rings. The van der Waals surface area contributed by atoms with E-state index in [1.807, 2.05) is 18.2 Å². The van der Waals surface area contributed by atoms with Crippen molar-refractivity contribution in [2.45, 2.75) is 116 Å². The van der Waals surface area contributed by atoms with Gasteiger partial charge in [-0.15, -0.1) is 0 Å². The summed E-state index contributed by atoms with van der Waals surface area (Å²) in [6, 6.07) is 10.3. The van der Waals surface area contributed by atoms with Gasteiger partial charge >= 0.3 is 5.97 Å². The third-order valence-corrected chi connectivity index (χ3v) is 5.42. The largest absolute Gasteiger partial charge is 0.481 e. The first kappa shape index (κ1) is 25.6. The van der Waals surface area contributed by atoms with Crippen molar-refractivity contribution in [2.24, 2.45) is 0 Å². The average molecular weight is 407 g/mol. The first-order chi connectivity index (χ1) is 14.1. The van der Waals surface area contributed by atoms with Gasteiger partial charge in [-0.1, -0.05) is 95.0 Å². The van der Waals surface area contributed by atoms with Crippen LogP contribution in [0.2, 0.25) is 0 Å². The zero-order chi connectivity index (χ0) is 21.2. The molecule has 0 saturated heterocycles. The number of aliphatic hydroxyl groups excluding tert-OH is 1. The number of hydrogen-bond donors (Lipinski definition) is 2. The van der Waals surface area contributed by atoms with Crippen LogP contribution in [0.15, 0.2) is 30.3 Å². The molecule has 2 N–H and O–H groups in total. The van der Waals surface area contributed by atoms with Crippen molar-refractivity contribution in [3.8, 4) is 0 Å². The Labute approximate surface area is 177 Å². The summed E-state index contributed by atoms with van der Waals surface area (Å²) in [5.41, 5.74) is 1.18. The predicted octanol–water partition coefficient (Wildman–Crippen LogP) is 6.50. The summed E-state index contributed by atoms with van der Waals surface area (Å²) in [5, 5.41) is 18.9. The maximum atomic E-state index is 10.5. The number of unbranched alkanes of at least 4 members (excludes halogenated alkanes) is 8. The van der Waals surface area contributed by atoms with Gasteiger partial charge in [0.25, 0.3) is 0 Å². The van der Waals surface area contributed by atoms with E-state index in [0.717, 1.165) is 57.8 Å². The summed E-state index contributed by atoms with van der Waals surface area (Å²) in [5.74, 6) is -0.686. The van der Waals surface area contributed by atoms with Crippen molar-refractivity contribution < 1.29 is 19.7 Å². The fraction of sp³-hybridized carbons (Fsp3) is 0.720. The van der Waals surface area contributed by atoms with Gasteiger partial charge in [0.1, 0.15) is 0 Å². The zero-order valence-electron chi connectivity index (χ0n) is 18.4. The highest BCUT2D eigenvalue weighted by atomic mass is 16.5. The Kier molecular flexibility index (Phi) is 15.4. The fourth-order valence-corrected chi connectivity index (χ4v) is 3.63. The first-order valence-corrected chi connectivity index (χ1v) is 11.7. The maximum absolute atomic E-state index is 10.5. The Bertz CT molecular complexity index is 503. The number of rotatable bonds is 19. The predicted molar refractivity (Wildman–Crippen MR) is 119 cm³/mol. The van der Waals surface area contributed by atoms with Crippen molar-refractivity contribution in [1.82, 2.24) is 0 Å². The highest BCUT2D eigenvalue weighted by Gasteiger charge is 2.15. The molecule has 0 fully saturated rings. The minimum atomic E-state index is -0.686. The molecule has 0 radical (unpaired) electrons. The molecule has 166 valence electrons. The second-order valence-electron chi connectivity index (χ2n) is 8.21.